The van der Waals surface area contributed by atoms with Gasteiger partial charge in [-0.05, 0) is 43.3 Å². The minimum atomic E-state index is -1.30. The van der Waals surface area contributed by atoms with E-state index in [2.05, 4.69) is 0 Å². The van der Waals surface area contributed by atoms with Crippen LogP contribution in [0.5, 0.6) is 11.5 Å². The molecular weight excluding hydrogens is 282 g/mol. The van der Waals surface area contributed by atoms with Crippen molar-refractivity contribution in [2.45, 2.75) is 13.0 Å². The van der Waals surface area contributed by atoms with Crippen LogP contribution in [-0.4, -0.2) is 24.4 Å². The summed E-state index contributed by atoms with van der Waals surface area (Å²) in [5.74, 6) is 0.0825. The number of ketones is 1. The molecule has 0 spiro atoms. The van der Waals surface area contributed by atoms with Gasteiger partial charge in [-0.2, -0.15) is 0 Å². The maximum Gasteiger partial charge on any atom is 0.331 e. The van der Waals surface area contributed by atoms with E-state index in [1.807, 2.05) is 30.3 Å². The molecule has 2 N–H and O–H groups in total. The predicted molar refractivity (Wildman–Crippen MR) is 81.9 cm³/mol. The molecule has 22 heavy (non-hydrogen) atoms. The smallest absolute Gasteiger partial charge is 0.331 e. The fraction of sp³-hybridized carbons (Fsp3) is 0.176. The zero-order chi connectivity index (χ0) is 15.9. The number of benzene rings is 2. The van der Waals surface area contributed by atoms with Crippen LogP contribution in [0, 0.1) is 0 Å². The summed E-state index contributed by atoms with van der Waals surface area (Å²) in [5.41, 5.74) is 5.92. The lowest BCUT2D eigenvalue weighted by molar-refractivity contribution is -0.143. The minimum absolute atomic E-state index is 0.184. The Kier molecular flexibility index (Phi) is 5.27. The number of hydrogen-bond donors (Lipinski definition) is 1. The average Bonchev–Trinajstić information content (AvgIpc) is 2.55. The van der Waals surface area contributed by atoms with Gasteiger partial charge in [-0.1, -0.05) is 18.2 Å². The van der Waals surface area contributed by atoms with Crippen molar-refractivity contribution in [1.29, 1.82) is 0 Å². The molecule has 0 aromatic heterocycles. The second-order valence-electron chi connectivity index (χ2n) is 4.53. The molecule has 114 valence electrons. The van der Waals surface area contributed by atoms with Gasteiger partial charge in [0.1, 0.15) is 11.5 Å². The first-order chi connectivity index (χ1) is 10.6. The predicted octanol–water partition coefficient (Wildman–Crippen LogP) is 2.55. The summed E-state index contributed by atoms with van der Waals surface area (Å²) >= 11 is 0. The molecule has 0 saturated carbocycles. The molecule has 0 heterocycles. The van der Waals surface area contributed by atoms with Gasteiger partial charge in [0, 0.05) is 5.56 Å². The highest BCUT2D eigenvalue weighted by Gasteiger charge is 2.24. The zero-order valence-corrected chi connectivity index (χ0v) is 12.2. The molecule has 5 nitrogen and oxygen atoms in total. The van der Waals surface area contributed by atoms with Crippen molar-refractivity contribution in [3.8, 4) is 11.5 Å². The maximum atomic E-state index is 12.1. The second-order valence-corrected chi connectivity index (χ2v) is 4.53. The Morgan fingerprint density at radius 2 is 1.59 bits per heavy atom. The lowest BCUT2D eigenvalue weighted by Crippen LogP contribution is -2.40. The molecule has 0 radical (unpaired) electrons. The van der Waals surface area contributed by atoms with Crippen molar-refractivity contribution >= 4 is 11.8 Å². The Hall–Kier alpha value is -2.66. The van der Waals surface area contributed by atoms with Gasteiger partial charge in [0.15, 0.2) is 11.8 Å². The summed E-state index contributed by atoms with van der Waals surface area (Å²) in [6.07, 6.45) is 0. The van der Waals surface area contributed by atoms with Gasteiger partial charge >= 0.3 is 5.97 Å². The lowest BCUT2D eigenvalue weighted by atomic mass is 10.0. The Balaban J connectivity index is 2.05. The fourth-order valence-electron chi connectivity index (χ4n) is 1.83. The average molecular weight is 299 g/mol. The van der Waals surface area contributed by atoms with Crippen molar-refractivity contribution in [2.24, 2.45) is 5.73 Å². The highest BCUT2D eigenvalue weighted by molar-refractivity contribution is 6.11. The molecule has 2 aromatic rings. The normalized spacial score (nSPS) is 11.5. The minimum Gasteiger partial charge on any atom is -0.464 e. The van der Waals surface area contributed by atoms with E-state index in [1.54, 1.807) is 31.2 Å². The molecule has 0 amide bonds. The second kappa shape index (κ2) is 7.38. The molecule has 2 aromatic carbocycles. The maximum absolute atomic E-state index is 12.1. The van der Waals surface area contributed by atoms with Crippen LogP contribution in [0.15, 0.2) is 54.6 Å². The van der Waals surface area contributed by atoms with E-state index < -0.39 is 17.8 Å². The van der Waals surface area contributed by atoms with Crippen LogP contribution in [0.25, 0.3) is 0 Å². The largest absolute Gasteiger partial charge is 0.464 e. The molecule has 1 atom stereocenters. The van der Waals surface area contributed by atoms with Crippen LogP contribution >= 0.6 is 0 Å². The third-order valence-electron chi connectivity index (χ3n) is 2.94. The Bertz CT molecular complexity index is 637. The molecule has 0 fully saturated rings. The first kappa shape index (κ1) is 15.7. The Morgan fingerprint density at radius 1 is 1.00 bits per heavy atom. The van der Waals surface area contributed by atoms with Crippen molar-refractivity contribution < 1.29 is 19.1 Å². The third-order valence-corrected chi connectivity index (χ3v) is 2.94. The van der Waals surface area contributed by atoms with Gasteiger partial charge in [-0.25, -0.2) is 4.79 Å². The Labute approximate surface area is 128 Å². The van der Waals surface area contributed by atoms with E-state index >= 15 is 0 Å². The van der Waals surface area contributed by atoms with Gasteiger partial charge in [0.25, 0.3) is 0 Å². The number of hydrogen-bond acceptors (Lipinski definition) is 5. The third kappa shape index (κ3) is 3.93. The molecule has 5 heteroatoms. The van der Waals surface area contributed by atoms with E-state index in [1.165, 1.54) is 0 Å². The summed E-state index contributed by atoms with van der Waals surface area (Å²) in [5, 5.41) is 0. The van der Waals surface area contributed by atoms with Crippen LogP contribution in [0.1, 0.15) is 17.3 Å². The summed E-state index contributed by atoms with van der Waals surface area (Å²) in [4.78, 5) is 23.5. The number of Topliss-reactive ketones (excluding diaryl/α,β-unsaturated/α-hetero) is 1. The summed E-state index contributed by atoms with van der Waals surface area (Å²) < 4.78 is 10.4. The van der Waals surface area contributed by atoms with Gasteiger partial charge in [0.05, 0.1) is 6.61 Å². The van der Waals surface area contributed by atoms with Crippen molar-refractivity contribution in [3.05, 3.63) is 60.2 Å². The SMILES string of the molecule is CCOC(=O)C(N)C(=O)c1ccc(Oc2ccccc2)cc1. The zero-order valence-electron chi connectivity index (χ0n) is 12.2. The van der Waals surface area contributed by atoms with Gasteiger partial charge in [-0.15, -0.1) is 0 Å². The van der Waals surface area contributed by atoms with E-state index in [-0.39, 0.29) is 6.61 Å². The summed E-state index contributed by atoms with van der Waals surface area (Å²) in [6.45, 7) is 1.84. The van der Waals surface area contributed by atoms with E-state index in [0.717, 1.165) is 0 Å². The van der Waals surface area contributed by atoms with Crippen molar-refractivity contribution in [2.75, 3.05) is 6.61 Å². The standard InChI is InChI=1S/C17H17NO4/c1-2-21-17(20)15(18)16(19)12-8-10-14(11-9-12)22-13-6-4-3-5-7-13/h3-11,15H,2,18H2,1H3. The Morgan fingerprint density at radius 3 is 2.18 bits per heavy atom. The number of rotatable bonds is 6. The highest BCUT2D eigenvalue weighted by Crippen LogP contribution is 2.21. The topological polar surface area (TPSA) is 78.6 Å². The molecule has 2 rings (SSSR count). The van der Waals surface area contributed by atoms with Gasteiger partial charge < -0.3 is 15.2 Å². The van der Waals surface area contributed by atoms with E-state index in [9.17, 15) is 9.59 Å². The number of carbonyl (C=O) groups excluding carboxylic acids is 2. The number of ether oxygens (including phenoxy) is 2. The van der Waals surface area contributed by atoms with E-state index in [0.29, 0.717) is 17.1 Å². The van der Waals surface area contributed by atoms with Crippen LogP contribution in [0.4, 0.5) is 0 Å². The molecule has 0 saturated heterocycles. The molecular formula is C17H17NO4. The lowest BCUT2D eigenvalue weighted by Gasteiger charge is -2.10. The monoisotopic (exact) mass is 299 g/mol. The van der Waals surface area contributed by atoms with Gasteiger partial charge in [0.2, 0.25) is 0 Å². The quantitative estimate of drug-likeness (QED) is 0.504. The first-order valence-corrected chi connectivity index (χ1v) is 6.91. The van der Waals surface area contributed by atoms with Crippen molar-refractivity contribution in [3.63, 3.8) is 0 Å². The van der Waals surface area contributed by atoms with E-state index in [4.69, 9.17) is 15.2 Å². The molecule has 1 unspecified atom stereocenters. The summed E-state index contributed by atoms with van der Waals surface area (Å²) in [7, 11) is 0. The van der Waals surface area contributed by atoms with Crippen LogP contribution < -0.4 is 10.5 Å². The molecule has 0 aliphatic carbocycles. The molecule has 0 aliphatic rings. The number of carbonyl (C=O) groups is 2. The first-order valence-electron chi connectivity index (χ1n) is 6.91. The molecule has 0 aliphatic heterocycles. The number of esters is 1. The van der Waals surface area contributed by atoms with Gasteiger partial charge in [-0.3, -0.25) is 4.79 Å². The summed E-state index contributed by atoms with van der Waals surface area (Å²) in [6, 6.07) is 14.4. The molecule has 0 bridgehead atoms. The fourth-order valence-corrected chi connectivity index (χ4v) is 1.83. The van der Waals surface area contributed by atoms with Crippen LogP contribution in [0.3, 0.4) is 0 Å². The van der Waals surface area contributed by atoms with Crippen LogP contribution in [0.2, 0.25) is 0 Å². The number of para-hydroxylation sites is 1. The van der Waals surface area contributed by atoms with Crippen molar-refractivity contribution in [1.82, 2.24) is 0 Å². The van der Waals surface area contributed by atoms with Crippen LogP contribution in [-0.2, 0) is 9.53 Å². The highest BCUT2D eigenvalue weighted by atomic mass is 16.5. The number of nitrogens with two attached hydrogens (primary N) is 1.